The van der Waals surface area contributed by atoms with E-state index in [-0.39, 0.29) is 11.9 Å². The van der Waals surface area contributed by atoms with Crippen LogP contribution in [-0.2, 0) is 9.53 Å². The van der Waals surface area contributed by atoms with Crippen LogP contribution in [0.2, 0.25) is 0 Å². The van der Waals surface area contributed by atoms with E-state index in [2.05, 4.69) is 41.5 Å². The Morgan fingerprint density at radius 1 is 1.46 bits per heavy atom. The zero-order valence-electron chi connectivity index (χ0n) is 13.9. The first-order valence-electron chi connectivity index (χ1n) is 7.87. The SMILES string of the molecule is CNC(=O)O[C@@H]1CCN(c2nc3ncc(Br)cc3nc2NC(=O)CO)C1. The van der Waals surface area contributed by atoms with Crippen molar-refractivity contribution in [3.05, 3.63) is 16.7 Å². The number of anilines is 2. The van der Waals surface area contributed by atoms with E-state index in [0.29, 0.717) is 36.5 Å². The monoisotopic (exact) mass is 424 g/mol. The van der Waals surface area contributed by atoms with Gasteiger partial charge in [-0.15, -0.1) is 0 Å². The van der Waals surface area contributed by atoms with Crippen LogP contribution in [0.3, 0.4) is 0 Å². The van der Waals surface area contributed by atoms with E-state index in [1.165, 1.54) is 7.05 Å². The van der Waals surface area contributed by atoms with Crippen molar-refractivity contribution in [3.8, 4) is 0 Å². The Labute approximate surface area is 157 Å². The minimum Gasteiger partial charge on any atom is -0.444 e. The number of aliphatic hydroxyl groups is 1. The van der Waals surface area contributed by atoms with Crippen molar-refractivity contribution < 1.29 is 19.4 Å². The third-order valence-corrected chi connectivity index (χ3v) is 4.23. The first-order valence-corrected chi connectivity index (χ1v) is 8.66. The molecule has 2 aromatic heterocycles. The molecular formula is C15H17BrN6O4. The second-order valence-corrected chi connectivity index (χ2v) is 6.53. The third-order valence-electron chi connectivity index (χ3n) is 3.79. The number of halogens is 1. The molecule has 1 fully saturated rings. The molecule has 0 unspecified atom stereocenters. The Kier molecular flexibility index (Phi) is 5.47. The van der Waals surface area contributed by atoms with Crippen molar-refractivity contribution in [2.24, 2.45) is 0 Å². The molecule has 0 radical (unpaired) electrons. The van der Waals surface area contributed by atoms with Crippen LogP contribution >= 0.6 is 15.9 Å². The summed E-state index contributed by atoms with van der Waals surface area (Å²) in [7, 11) is 1.50. The third kappa shape index (κ3) is 3.99. The van der Waals surface area contributed by atoms with Crippen LogP contribution in [0.5, 0.6) is 0 Å². The zero-order chi connectivity index (χ0) is 18.7. The fourth-order valence-electron chi connectivity index (χ4n) is 2.62. The van der Waals surface area contributed by atoms with E-state index in [1.807, 2.05) is 4.90 Å². The molecule has 1 aliphatic heterocycles. The number of nitrogens with zero attached hydrogens (tertiary/aromatic N) is 4. The molecule has 0 spiro atoms. The van der Waals surface area contributed by atoms with Crippen molar-refractivity contribution in [3.63, 3.8) is 0 Å². The summed E-state index contributed by atoms with van der Waals surface area (Å²) in [4.78, 5) is 38.0. The Morgan fingerprint density at radius 2 is 2.27 bits per heavy atom. The molecule has 1 aliphatic rings. The number of pyridine rings is 1. The van der Waals surface area contributed by atoms with Crippen molar-refractivity contribution in [1.29, 1.82) is 0 Å². The quantitative estimate of drug-likeness (QED) is 0.652. The van der Waals surface area contributed by atoms with E-state index < -0.39 is 18.6 Å². The summed E-state index contributed by atoms with van der Waals surface area (Å²) < 4.78 is 6.00. The lowest BCUT2D eigenvalue weighted by molar-refractivity contribution is -0.118. The number of ether oxygens (including phenoxy) is 1. The molecule has 26 heavy (non-hydrogen) atoms. The lowest BCUT2D eigenvalue weighted by atomic mass is 10.3. The average Bonchev–Trinajstić information content (AvgIpc) is 3.08. The first kappa shape index (κ1) is 18.3. The maximum atomic E-state index is 11.7. The van der Waals surface area contributed by atoms with E-state index >= 15 is 0 Å². The highest BCUT2D eigenvalue weighted by molar-refractivity contribution is 9.10. The van der Waals surface area contributed by atoms with Crippen LogP contribution in [0, 0.1) is 0 Å². The molecule has 3 N–H and O–H groups in total. The molecule has 3 rings (SSSR count). The van der Waals surface area contributed by atoms with Crippen LogP contribution in [-0.4, -0.2) is 64.9 Å². The summed E-state index contributed by atoms with van der Waals surface area (Å²) in [6.07, 6.45) is 1.43. The number of alkyl carbamates (subject to hydrolysis) is 1. The van der Waals surface area contributed by atoms with Crippen LogP contribution in [0.4, 0.5) is 16.4 Å². The van der Waals surface area contributed by atoms with Gasteiger partial charge in [-0.1, -0.05) is 0 Å². The number of carbonyl (C=O) groups excluding carboxylic acids is 2. The number of nitrogens with one attached hydrogen (secondary N) is 2. The predicted molar refractivity (Wildman–Crippen MR) is 96.9 cm³/mol. The maximum Gasteiger partial charge on any atom is 0.407 e. The van der Waals surface area contributed by atoms with Crippen molar-refractivity contribution >= 4 is 50.7 Å². The van der Waals surface area contributed by atoms with Gasteiger partial charge in [0.2, 0.25) is 0 Å². The van der Waals surface area contributed by atoms with Gasteiger partial charge in [-0.3, -0.25) is 4.79 Å². The van der Waals surface area contributed by atoms with Crippen LogP contribution in [0.25, 0.3) is 11.2 Å². The highest BCUT2D eigenvalue weighted by Crippen LogP contribution is 2.29. The summed E-state index contributed by atoms with van der Waals surface area (Å²) in [6, 6.07) is 1.73. The number of hydrogen-bond donors (Lipinski definition) is 3. The van der Waals surface area contributed by atoms with Gasteiger partial charge in [-0.25, -0.2) is 19.7 Å². The van der Waals surface area contributed by atoms with Crippen molar-refractivity contribution in [2.45, 2.75) is 12.5 Å². The van der Waals surface area contributed by atoms with Gasteiger partial charge >= 0.3 is 6.09 Å². The molecule has 1 saturated heterocycles. The Balaban J connectivity index is 1.92. The Morgan fingerprint density at radius 3 is 3.00 bits per heavy atom. The molecule has 3 heterocycles. The van der Waals surface area contributed by atoms with E-state index in [1.54, 1.807) is 12.3 Å². The number of amides is 2. The molecule has 1 atom stereocenters. The molecule has 138 valence electrons. The van der Waals surface area contributed by atoms with Gasteiger partial charge in [-0.05, 0) is 22.0 Å². The van der Waals surface area contributed by atoms with Gasteiger partial charge in [0, 0.05) is 30.7 Å². The van der Waals surface area contributed by atoms with Gasteiger partial charge in [0.05, 0.1) is 6.54 Å². The molecule has 0 aliphatic carbocycles. The normalized spacial score (nSPS) is 16.6. The summed E-state index contributed by atoms with van der Waals surface area (Å²) in [5, 5.41) is 14.0. The van der Waals surface area contributed by atoms with Crippen LogP contribution < -0.4 is 15.5 Å². The zero-order valence-corrected chi connectivity index (χ0v) is 15.5. The lowest BCUT2D eigenvalue weighted by Crippen LogP contribution is -2.30. The Hall–Kier alpha value is -2.53. The number of fused-ring (bicyclic) bond motifs is 1. The topological polar surface area (TPSA) is 130 Å². The smallest absolute Gasteiger partial charge is 0.407 e. The standard InChI is InChI=1S/C15H17BrN6O4/c1-17-15(25)26-9-2-3-22(6-9)14-13(20-11(24)7-23)19-10-4-8(16)5-18-12(10)21-14/h4-5,9,23H,2-3,6-7H2,1H3,(H,17,25)(H,19,20,24)/t9-/m1/s1. The number of carbonyl (C=O) groups is 2. The number of aromatic nitrogens is 3. The van der Waals surface area contributed by atoms with E-state index in [0.717, 1.165) is 4.47 Å². The summed E-state index contributed by atoms with van der Waals surface area (Å²) in [5.41, 5.74) is 0.912. The minimum atomic E-state index is -0.668. The van der Waals surface area contributed by atoms with E-state index in [9.17, 15) is 9.59 Å². The fourth-order valence-corrected chi connectivity index (χ4v) is 2.94. The van der Waals surface area contributed by atoms with Gasteiger partial charge in [0.1, 0.15) is 18.2 Å². The van der Waals surface area contributed by atoms with Crippen LogP contribution in [0.1, 0.15) is 6.42 Å². The summed E-state index contributed by atoms with van der Waals surface area (Å²) in [6.45, 7) is 0.310. The Bertz CT molecular complexity index is 848. The molecular weight excluding hydrogens is 408 g/mol. The minimum absolute atomic E-state index is 0.219. The van der Waals surface area contributed by atoms with E-state index in [4.69, 9.17) is 9.84 Å². The summed E-state index contributed by atoms with van der Waals surface area (Å²) in [5.74, 6) is 0.0365. The van der Waals surface area contributed by atoms with Crippen molar-refractivity contribution in [1.82, 2.24) is 20.3 Å². The van der Waals surface area contributed by atoms with Gasteiger partial charge in [0.25, 0.3) is 5.91 Å². The fraction of sp³-hybridized carbons (Fsp3) is 0.400. The lowest BCUT2D eigenvalue weighted by Gasteiger charge is -2.20. The average molecular weight is 425 g/mol. The molecule has 0 bridgehead atoms. The highest BCUT2D eigenvalue weighted by atomic mass is 79.9. The molecule has 2 amide bonds. The molecule has 2 aromatic rings. The second-order valence-electron chi connectivity index (χ2n) is 5.61. The second kappa shape index (κ2) is 7.79. The number of hydrogen-bond acceptors (Lipinski definition) is 8. The number of aliphatic hydroxyl groups excluding tert-OH is 1. The van der Waals surface area contributed by atoms with Crippen LogP contribution in [0.15, 0.2) is 16.7 Å². The predicted octanol–water partition coefficient (Wildman–Crippen LogP) is 0.653. The van der Waals surface area contributed by atoms with Crippen molar-refractivity contribution in [2.75, 3.05) is 37.0 Å². The number of rotatable bonds is 4. The maximum absolute atomic E-state index is 11.7. The highest BCUT2D eigenvalue weighted by Gasteiger charge is 2.29. The summed E-state index contributed by atoms with van der Waals surface area (Å²) >= 11 is 3.32. The van der Waals surface area contributed by atoms with Gasteiger partial charge in [0.15, 0.2) is 17.3 Å². The molecule has 0 aromatic carbocycles. The largest absolute Gasteiger partial charge is 0.444 e. The molecule has 10 nitrogen and oxygen atoms in total. The van der Waals surface area contributed by atoms with Gasteiger partial charge in [-0.2, -0.15) is 0 Å². The van der Waals surface area contributed by atoms with Gasteiger partial charge < -0.3 is 25.4 Å². The first-order chi connectivity index (χ1) is 12.5. The molecule has 11 heteroatoms. The molecule has 0 saturated carbocycles.